The van der Waals surface area contributed by atoms with Gasteiger partial charge >= 0.3 is 0 Å². The summed E-state index contributed by atoms with van der Waals surface area (Å²) >= 11 is 0. The minimum absolute atomic E-state index is 0.335. The Bertz CT molecular complexity index is 1010. The Morgan fingerprint density at radius 2 is 1.86 bits per heavy atom. The number of carbonyl (C=O) groups excluding carboxylic acids is 1. The summed E-state index contributed by atoms with van der Waals surface area (Å²) in [6.07, 6.45) is 4.05. The Hall–Kier alpha value is -2.48. The van der Waals surface area contributed by atoms with Gasteiger partial charge in [0, 0.05) is 6.07 Å². The Morgan fingerprint density at radius 1 is 1.14 bits per heavy atom. The summed E-state index contributed by atoms with van der Waals surface area (Å²) in [6, 6.07) is 8.25. The van der Waals surface area contributed by atoms with Gasteiger partial charge in [-0.15, -0.1) is 0 Å². The third-order valence-electron chi connectivity index (χ3n) is 4.87. The summed E-state index contributed by atoms with van der Waals surface area (Å²) in [7, 11) is -3.95. The van der Waals surface area contributed by atoms with E-state index in [1.165, 1.54) is 11.1 Å². The smallest absolute Gasteiger partial charge is 0.241 e. The molecule has 0 radical (unpaired) electrons. The van der Waals surface area contributed by atoms with Crippen molar-refractivity contribution in [2.24, 2.45) is 0 Å². The Labute approximate surface area is 163 Å². The zero-order valence-corrected chi connectivity index (χ0v) is 16.5. The van der Waals surface area contributed by atoms with Crippen LogP contribution in [0.1, 0.15) is 36.1 Å². The number of amides is 1. The molecule has 0 spiro atoms. The van der Waals surface area contributed by atoms with Gasteiger partial charge in [-0.3, -0.25) is 9.10 Å². The largest absolute Gasteiger partial charge is 0.348 e. The number of fused-ring (bicyclic) bond motifs is 1. The topological polar surface area (TPSA) is 66.5 Å². The van der Waals surface area contributed by atoms with Crippen LogP contribution in [0, 0.1) is 11.6 Å². The summed E-state index contributed by atoms with van der Waals surface area (Å²) in [5.74, 6) is -2.46. The average Bonchev–Trinajstić information content (AvgIpc) is 3.07. The van der Waals surface area contributed by atoms with Crippen LogP contribution in [0.2, 0.25) is 0 Å². The van der Waals surface area contributed by atoms with Gasteiger partial charge in [0.15, 0.2) is 0 Å². The second kappa shape index (κ2) is 7.87. The number of rotatable bonds is 6. The molecule has 0 aromatic heterocycles. The van der Waals surface area contributed by atoms with Crippen molar-refractivity contribution in [3.05, 3.63) is 64.7 Å². The van der Waals surface area contributed by atoms with Gasteiger partial charge in [0.25, 0.3) is 0 Å². The van der Waals surface area contributed by atoms with Crippen LogP contribution >= 0.6 is 0 Å². The highest BCUT2D eigenvalue weighted by atomic mass is 32.2. The zero-order valence-electron chi connectivity index (χ0n) is 15.7. The first-order chi connectivity index (χ1) is 13.1. The molecule has 1 unspecified atom stereocenters. The lowest BCUT2D eigenvalue weighted by Gasteiger charge is -2.23. The fraction of sp³-hybridized carbons (Fsp3) is 0.350. The van der Waals surface area contributed by atoms with E-state index in [1.807, 2.05) is 6.07 Å². The van der Waals surface area contributed by atoms with Crippen LogP contribution < -0.4 is 9.62 Å². The molecule has 5 nitrogen and oxygen atoms in total. The molecule has 1 atom stereocenters. The molecule has 0 saturated heterocycles. The summed E-state index contributed by atoms with van der Waals surface area (Å²) in [6.45, 7) is 1.20. The van der Waals surface area contributed by atoms with Gasteiger partial charge in [0.2, 0.25) is 15.9 Å². The third-order valence-corrected chi connectivity index (χ3v) is 5.99. The number of hydrogen-bond acceptors (Lipinski definition) is 3. The van der Waals surface area contributed by atoms with E-state index < -0.39 is 34.1 Å². The Morgan fingerprint density at radius 3 is 2.54 bits per heavy atom. The van der Waals surface area contributed by atoms with E-state index in [1.54, 1.807) is 6.92 Å². The number of nitrogens with zero attached hydrogens (tertiary/aromatic N) is 1. The molecule has 0 heterocycles. The molecular weight excluding hydrogens is 386 g/mol. The molecule has 3 rings (SSSR count). The van der Waals surface area contributed by atoms with Gasteiger partial charge in [-0.25, -0.2) is 17.2 Å². The van der Waals surface area contributed by atoms with Crippen molar-refractivity contribution in [3.8, 4) is 0 Å². The highest BCUT2D eigenvalue weighted by Gasteiger charge is 2.25. The molecule has 2 aromatic rings. The van der Waals surface area contributed by atoms with E-state index in [-0.39, 0.29) is 11.7 Å². The fourth-order valence-electron chi connectivity index (χ4n) is 3.43. The van der Waals surface area contributed by atoms with E-state index in [4.69, 9.17) is 0 Å². The zero-order chi connectivity index (χ0) is 20.5. The number of halogens is 2. The molecular formula is C20H22F2N2O3S. The van der Waals surface area contributed by atoms with Crippen molar-refractivity contribution >= 4 is 21.6 Å². The van der Waals surface area contributed by atoms with Crippen LogP contribution in [0.3, 0.4) is 0 Å². The number of aryl methyl sites for hydroxylation is 2. The number of nitrogens with one attached hydrogen (secondary N) is 1. The molecule has 0 saturated carbocycles. The number of carbonyl (C=O) groups is 1. The van der Waals surface area contributed by atoms with Crippen LogP contribution in [0.15, 0.2) is 36.4 Å². The van der Waals surface area contributed by atoms with Crippen molar-refractivity contribution in [2.75, 3.05) is 17.1 Å². The van der Waals surface area contributed by atoms with Crippen molar-refractivity contribution in [3.63, 3.8) is 0 Å². The molecule has 0 fully saturated rings. The summed E-state index contributed by atoms with van der Waals surface area (Å²) in [5.41, 5.74) is 3.14. The SMILES string of the molecule is CC(NC(=O)CN(c1ccc(F)cc1F)S(C)(=O)=O)c1ccc2c(c1)CCC2. The number of sulfonamides is 1. The van der Waals surface area contributed by atoms with Crippen LogP contribution in [-0.2, 0) is 27.7 Å². The highest BCUT2D eigenvalue weighted by Crippen LogP contribution is 2.26. The second-order valence-corrected chi connectivity index (χ2v) is 8.94. The quantitative estimate of drug-likeness (QED) is 0.799. The maximum Gasteiger partial charge on any atom is 0.241 e. The summed E-state index contributed by atoms with van der Waals surface area (Å²) < 4.78 is 52.0. The molecule has 1 amide bonds. The lowest BCUT2D eigenvalue weighted by Crippen LogP contribution is -2.41. The Kier molecular flexibility index (Phi) is 5.69. The van der Waals surface area contributed by atoms with Crippen molar-refractivity contribution in [1.82, 2.24) is 5.32 Å². The van der Waals surface area contributed by atoms with E-state index in [2.05, 4.69) is 17.4 Å². The van der Waals surface area contributed by atoms with Crippen LogP contribution in [-0.4, -0.2) is 27.1 Å². The molecule has 8 heteroatoms. The molecule has 1 N–H and O–H groups in total. The number of hydrogen-bond donors (Lipinski definition) is 1. The van der Waals surface area contributed by atoms with Crippen molar-refractivity contribution in [1.29, 1.82) is 0 Å². The molecule has 0 bridgehead atoms. The highest BCUT2D eigenvalue weighted by molar-refractivity contribution is 7.92. The van der Waals surface area contributed by atoms with E-state index in [9.17, 15) is 22.0 Å². The number of benzene rings is 2. The van der Waals surface area contributed by atoms with Gasteiger partial charge in [0.05, 0.1) is 18.0 Å². The molecule has 1 aliphatic rings. The van der Waals surface area contributed by atoms with Crippen molar-refractivity contribution in [2.45, 2.75) is 32.2 Å². The van der Waals surface area contributed by atoms with Gasteiger partial charge in [-0.1, -0.05) is 18.2 Å². The fourth-order valence-corrected chi connectivity index (χ4v) is 4.28. The normalized spacial score (nSPS) is 14.4. The monoisotopic (exact) mass is 408 g/mol. The van der Waals surface area contributed by atoms with Gasteiger partial charge in [0.1, 0.15) is 18.2 Å². The predicted molar refractivity (Wildman–Crippen MR) is 104 cm³/mol. The molecule has 2 aromatic carbocycles. The molecule has 150 valence electrons. The van der Waals surface area contributed by atoms with Gasteiger partial charge in [-0.2, -0.15) is 0 Å². The molecule has 28 heavy (non-hydrogen) atoms. The first kappa shape index (κ1) is 20.3. The minimum Gasteiger partial charge on any atom is -0.348 e. The molecule has 1 aliphatic carbocycles. The first-order valence-electron chi connectivity index (χ1n) is 8.99. The Balaban J connectivity index is 1.75. The van der Waals surface area contributed by atoms with E-state index in [0.717, 1.165) is 43.2 Å². The van der Waals surface area contributed by atoms with Crippen molar-refractivity contribution < 1.29 is 22.0 Å². The van der Waals surface area contributed by atoms with Gasteiger partial charge < -0.3 is 5.32 Å². The lowest BCUT2D eigenvalue weighted by atomic mass is 10.0. The van der Waals surface area contributed by atoms with Gasteiger partial charge in [-0.05, 0) is 55.0 Å². The molecule has 0 aliphatic heterocycles. The predicted octanol–water partition coefficient (Wildman–Crippen LogP) is 3.10. The maximum absolute atomic E-state index is 14.1. The van der Waals surface area contributed by atoms with Crippen LogP contribution in [0.5, 0.6) is 0 Å². The first-order valence-corrected chi connectivity index (χ1v) is 10.8. The van der Waals surface area contributed by atoms with Crippen LogP contribution in [0.25, 0.3) is 0 Å². The second-order valence-electron chi connectivity index (χ2n) is 7.04. The summed E-state index contributed by atoms with van der Waals surface area (Å²) in [5, 5.41) is 2.75. The lowest BCUT2D eigenvalue weighted by molar-refractivity contribution is -0.120. The van der Waals surface area contributed by atoms with Crippen LogP contribution in [0.4, 0.5) is 14.5 Å². The number of anilines is 1. The van der Waals surface area contributed by atoms with E-state index in [0.29, 0.717) is 10.4 Å². The van der Waals surface area contributed by atoms with E-state index >= 15 is 0 Å². The average molecular weight is 408 g/mol. The maximum atomic E-state index is 14.1. The third kappa shape index (κ3) is 4.49. The summed E-state index contributed by atoms with van der Waals surface area (Å²) in [4.78, 5) is 12.5. The minimum atomic E-state index is -3.95. The standard InChI is InChI=1S/C20H22F2N2O3S/c1-13(15-7-6-14-4-3-5-16(14)10-15)23-20(25)12-24(28(2,26)27)19-9-8-17(21)11-18(19)22/h6-11,13H,3-5,12H2,1-2H3,(H,23,25).